The Morgan fingerprint density at radius 2 is 1.88 bits per heavy atom. The molecule has 0 radical (unpaired) electrons. The van der Waals surface area contributed by atoms with E-state index in [-0.39, 0.29) is 17.4 Å². The third kappa shape index (κ3) is 3.64. The molecule has 0 spiro atoms. The minimum absolute atomic E-state index is 0.0831. The summed E-state index contributed by atoms with van der Waals surface area (Å²) in [6.07, 6.45) is -3.64. The van der Waals surface area contributed by atoms with Crippen molar-refractivity contribution in [3.8, 4) is 0 Å². The molecule has 0 aromatic heterocycles. The largest absolute Gasteiger partial charge is 0.416 e. The van der Waals surface area contributed by atoms with E-state index in [0.29, 0.717) is 13.1 Å². The van der Waals surface area contributed by atoms with Crippen LogP contribution in [0.5, 0.6) is 0 Å². The zero-order valence-electron chi connectivity index (χ0n) is 12.7. The van der Waals surface area contributed by atoms with E-state index in [1.54, 1.807) is 4.90 Å². The number of rotatable bonds is 2. The van der Waals surface area contributed by atoms with Crippen molar-refractivity contribution >= 4 is 21.8 Å². The van der Waals surface area contributed by atoms with Crippen LogP contribution in [0.15, 0.2) is 53.0 Å². The predicted octanol–water partition coefficient (Wildman–Crippen LogP) is 5.10. The molecule has 1 fully saturated rings. The molecule has 0 saturated carbocycles. The first kappa shape index (κ1) is 17.0. The Kier molecular flexibility index (Phi) is 4.67. The number of likely N-dealkylation sites (tertiary alicyclic amines) is 1. The van der Waals surface area contributed by atoms with E-state index in [1.165, 1.54) is 12.1 Å². The lowest BCUT2D eigenvalue weighted by atomic mass is 9.99. The molecule has 1 saturated heterocycles. The Morgan fingerprint density at radius 1 is 1.12 bits per heavy atom. The van der Waals surface area contributed by atoms with Crippen LogP contribution in [-0.2, 0) is 6.18 Å². The lowest BCUT2D eigenvalue weighted by Gasteiger charge is -2.18. The van der Waals surface area contributed by atoms with Crippen LogP contribution < -0.4 is 0 Å². The summed E-state index contributed by atoms with van der Waals surface area (Å²) in [5.74, 6) is -0.143. The van der Waals surface area contributed by atoms with Crippen molar-refractivity contribution < 1.29 is 18.0 Å². The van der Waals surface area contributed by atoms with Gasteiger partial charge >= 0.3 is 6.18 Å². The van der Waals surface area contributed by atoms with Gasteiger partial charge in [0.25, 0.3) is 5.91 Å². The van der Waals surface area contributed by atoms with Crippen LogP contribution in [0.4, 0.5) is 13.2 Å². The van der Waals surface area contributed by atoms with Gasteiger partial charge in [-0.05, 0) is 42.3 Å². The summed E-state index contributed by atoms with van der Waals surface area (Å²) in [6, 6.07) is 12.5. The number of carbonyl (C=O) groups is 1. The van der Waals surface area contributed by atoms with E-state index in [0.717, 1.165) is 28.6 Å². The van der Waals surface area contributed by atoms with Crippen LogP contribution in [0, 0.1) is 0 Å². The van der Waals surface area contributed by atoms with Crippen LogP contribution in [0.1, 0.15) is 33.8 Å². The Balaban J connectivity index is 1.75. The van der Waals surface area contributed by atoms with Crippen LogP contribution >= 0.6 is 15.9 Å². The van der Waals surface area contributed by atoms with Gasteiger partial charge in [-0.1, -0.05) is 34.1 Å². The van der Waals surface area contributed by atoms with Crippen LogP contribution in [0.2, 0.25) is 0 Å². The first-order valence-electron chi connectivity index (χ1n) is 7.56. The second-order valence-electron chi connectivity index (χ2n) is 5.87. The average Bonchev–Trinajstić information content (AvgIpc) is 3.03. The first-order valence-corrected chi connectivity index (χ1v) is 8.36. The normalized spacial score (nSPS) is 18.0. The highest BCUT2D eigenvalue weighted by Gasteiger charge is 2.32. The van der Waals surface area contributed by atoms with Gasteiger partial charge in [0.1, 0.15) is 0 Å². The Labute approximate surface area is 146 Å². The third-order valence-corrected chi connectivity index (χ3v) is 4.73. The molecule has 1 aliphatic heterocycles. The van der Waals surface area contributed by atoms with Gasteiger partial charge in [-0.25, -0.2) is 0 Å². The van der Waals surface area contributed by atoms with Crippen molar-refractivity contribution in [2.75, 3.05) is 13.1 Å². The summed E-state index contributed by atoms with van der Waals surface area (Å²) in [7, 11) is 0. The summed E-state index contributed by atoms with van der Waals surface area (Å²) in [4.78, 5) is 14.1. The molecule has 2 nitrogen and oxygen atoms in total. The number of nitrogens with zero attached hydrogens (tertiary/aromatic N) is 1. The van der Waals surface area contributed by atoms with Gasteiger partial charge in [0.2, 0.25) is 0 Å². The topological polar surface area (TPSA) is 20.3 Å². The van der Waals surface area contributed by atoms with E-state index in [4.69, 9.17) is 0 Å². The fraction of sp³-hybridized carbons (Fsp3) is 0.278. The van der Waals surface area contributed by atoms with Crippen molar-refractivity contribution in [2.24, 2.45) is 0 Å². The van der Waals surface area contributed by atoms with Crippen molar-refractivity contribution in [1.82, 2.24) is 4.90 Å². The molecule has 24 heavy (non-hydrogen) atoms. The molecule has 0 bridgehead atoms. The van der Waals surface area contributed by atoms with E-state index in [1.807, 2.05) is 24.3 Å². The Bertz CT molecular complexity index is 760. The van der Waals surface area contributed by atoms with E-state index < -0.39 is 11.7 Å². The molecule has 1 atom stereocenters. The molecular formula is C18H15BrF3NO. The summed E-state index contributed by atoms with van der Waals surface area (Å²) in [5.41, 5.74) is 0.416. The fourth-order valence-electron chi connectivity index (χ4n) is 2.99. The maximum absolute atomic E-state index is 12.8. The highest BCUT2D eigenvalue weighted by molar-refractivity contribution is 9.10. The van der Waals surface area contributed by atoms with Gasteiger partial charge in [-0.2, -0.15) is 13.2 Å². The number of amides is 1. The summed E-state index contributed by atoms with van der Waals surface area (Å²) in [6.45, 7) is 1.07. The zero-order chi connectivity index (χ0) is 17.3. The molecular weight excluding hydrogens is 383 g/mol. The lowest BCUT2D eigenvalue weighted by molar-refractivity contribution is -0.137. The van der Waals surface area contributed by atoms with Crippen molar-refractivity contribution in [3.05, 3.63) is 69.7 Å². The van der Waals surface area contributed by atoms with Crippen LogP contribution in [0.25, 0.3) is 0 Å². The van der Waals surface area contributed by atoms with Gasteiger partial charge in [0.05, 0.1) is 5.56 Å². The van der Waals surface area contributed by atoms with Gasteiger partial charge < -0.3 is 4.90 Å². The molecule has 6 heteroatoms. The Morgan fingerprint density at radius 3 is 2.58 bits per heavy atom. The first-order chi connectivity index (χ1) is 11.3. The van der Waals surface area contributed by atoms with Crippen molar-refractivity contribution in [2.45, 2.75) is 18.5 Å². The number of alkyl halides is 3. The van der Waals surface area contributed by atoms with Gasteiger partial charge in [-0.3, -0.25) is 4.79 Å². The number of benzene rings is 2. The smallest absolute Gasteiger partial charge is 0.338 e. The number of carbonyl (C=O) groups excluding carboxylic acids is 1. The predicted molar refractivity (Wildman–Crippen MR) is 88.8 cm³/mol. The van der Waals surface area contributed by atoms with Crippen LogP contribution in [-0.4, -0.2) is 23.9 Å². The molecule has 1 aliphatic rings. The monoisotopic (exact) mass is 397 g/mol. The average molecular weight is 398 g/mol. The third-order valence-electron chi connectivity index (χ3n) is 4.23. The fourth-order valence-corrected chi connectivity index (χ4v) is 3.41. The lowest BCUT2D eigenvalue weighted by Crippen LogP contribution is -2.28. The molecule has 1 unspecified atom stereocenters. The molecule has 1 heterocycles. The molecule has 126 valence electrons. The van der Waals surface area contributed by atoms with Gasteiger partial charge in [-0.15, -0.1) is 0 Å². The van der Waals surface area contributed by atoms with E-state index in [9.17, 15) is 18.0 Å². The second kappa shape index (κ2) is 6.59. The Hall–Kier alpha value is -1.82. The molecule has 3 rings (SSSR count). The highest BCUT2D eigenvalue weighted by atomic mass is 79.9. The number of hydrogen-bond acceptors (Lipinski definition) is 1. The maximum atomic E-state index is 12.8. The minimum Gasteiger partial charge on any atom is -0.338 e. The maximum Gasteiger partial charge on any atom is 0.416 e. The minimum atomic E-state index is -4.44. The van der Waals surface area contributed by atoms with E-state index in [2.05, 4.69) is 15.9 Å². The molecule has 2 aromatic carbocycles. The van der Waals surface area contributed by atoms with Crippen molar-refractivity contribution in [3.63, 3.8) is 0 Å². The number of hydrogen-bond donors (Lipinski definition) is 0. The summed E-state index contributed by atoms with van der Waals surface area (Å²) in [5, 5.41) is 0. The molecule has 0 aliphatic carbocycles. The molecule has 0 N–H and O–H groups in total. The summed E-state index contributed by atoms with van der Waals surface area (Å²) < 4.78 is 39.4. The van der Waals surface area contributed by atoms with Gasteiger partial charge in [0, 0.05) is 29.0 Å². The number of halogens is 4. The summed E-state index contributed by atoms with van der Waals surface area (Å²) >= 11 is 3.43. The van der Waals surface area contributed by atoms with Gasteiger partial charge in [0.15, 0.2) is 0 Å². The van der Waals surface area contributed by atoms with E-state index >= 15 is 0 Å². The second-order valence-corrected chi connectivity index (χ2v) is 6.79. The standard InChI is InChI=1S/C18H15BrF3NO/c19-16-6-2-3-12(10-16)14-7-8-23(11-14)17(24)13-4-1-5-15(9-13)18(20,21)22/h1-6,9-10,14H,7-8,11H2. The molecule has 2 aromatic rings. The molecule has 1 amide bonds. The van der Waals surface area contributed by atoms with Crippen molar-refractivity contribution in [1.29, 1.82) is 0 Å². The highest BCUT2D eigenvalue weighted by Crippen LogP contribution is 2.32. The zero-order valence-corrected chi connectivity index (χ0v) is 14.3. The van der Waals surface area contributed by atoms with Crippen LogP contribution in [0.3, 0.4) is 0 Å². The quantitative estimate of drug-likeness (QED) is 0.690. The SMILES string of the molecule is O=C(c1cccc(C(F)(F)F)c1)N1CCC(c2cccc(Br)c2)C1.